The molecular weight excluding hydrogens is 348 g/mol. The van der Waals surface area contributed by atoms with Crippen molar-refractivity contribution in [3.8, 4) is 0 Å². The van der Waals surface area contributed by atoms with Crippen LogP contribution in [0.4, 0.5) is 5.69 Å². The summed E-state index contributed by atoms with van der Waals surface area (Å²) in [5.74, 6) is -1.51. The zero-order valence-electron chi connectivity index (χ0n) is 14.8. The fourth-order valence-electron chi connectivity index (χ4n) is 1.89. The van der Waals surface area contributed by atoms with Crippen LogP contribution in [-0.4, -0.2) is 45.2 Å². The van der Waals surface area contributed by atoms with E-state index < -0.39 is 23.2 Å². The summed E-state index contributed by atoms with van der Waals surface area (Å²) in [6.07, 6.45) is 0.646. The van der Waals surface area contributed by atoms with Crippen LogP contribution < -0.4 is 10.6 Å². The zero-order chi connectivity index (χ0) is 19.0. The Morgan fingerprint density at radius 1 is 1.16 bits per heavy atom. The number of methoxy groups -OCH3 is 2. The van der Waals surface area contributed by atoms with Crippen molar-refractivity contribution in [1.82, 2.24) is 5.32 Å². The number of carbonyl (C=O) groups excluding carboxylic acids is 3. The Morgan fingerprint density at radius 2 is 1.84 bits per heavy atom. The molecule has 0 aliphatic carbocycles. The van der Waals surface area contributed by atoms with E-state index in [4.69, 9.17) is 16.3 Å². The molecule has 0 aliphatic heterocycles. The maximum atomic E-state index is 12.5. The number of esters is 1. The molecule has 1 aromatic rings. The molecule has 25 heavy (non-hydrogen) atoms. The fraction of sp³-hybridized carbons (Fsp3) is 0.471. The molecule has 0 aromatic heterocycles. The van der Waals surface area contributed by atoms with E-state index in [-0.39, 0.29) is 16.3 Å². The Morgan fingerprint density at radius 3 is 2.44 bits per heavy atom. The molecule has 7 nitrogen and oxygen atoms in total. The van der Waals surface area contributed by atoms with E-state index in [0.29, 0.717) is 19.6 Å². The van der Waals surface area contributed by atoms with Crippen molar-refractivity contribution >= 4 is 35.1 Å². The summed E-state index contributed by atoms with van der Waals surface area (Å²) in [5, 5.41) is 5.53. The van der Waals surface area contributed by atoms with Crippen LogP contribution in [-0.2, 0) is 19.1 Å². The summed E-state index contributed by atoms with van der Waals surface area (Å²) in [5.41, 5.74) is -0.851. The first kappa shape index (κ1) is 20.9. The van der Waals surface area contributed by atoms with Crippen LogP contribution >= 0.6 is 11.6 Å². The number of ether oxygens (including phenoxy) is 2. The molecule has 8 heteroatoms. The van der Waals surface area contributed by atoms with Gasteiger partial charge < -0.3 is 20.1 Å². The van der Waals surface area contributed by atoms with Gasteiger partial charge in [-0.1, -0.05) is 11.6 Å². The minimum absolute atomic E-state index is 0.231. The maximum Gasteiger partial charge on any atom is 0.337 e. The average Bonchev–Trinajstić information content (AvgIpc) is 2.59. The molecule has 0 spiro atoms. The first-order chi connectivity index (χ1) is 11.7. The molecule has 0 bridgehead atoms. The van der Waals surface area contributed by atoms with Crippen molar-refractivity contribution in [3.63, 3.8) is 0 Å². The van der Waals surface area contributed by atoms with Gasteiger partial charge in [-0.15, -0.1) is 0 Å². The molecule has 0 atom stereocenters. The molecule has 0 saturated heterocycles. The summed E-state index contributed by atoms with van der Waals surface area (Å²) in [6.45, 7) is 3.93. The number of amides is 2. The van der Waals surface area contributed by atoms with Crippen LogP contribution in [0.3, 0.4) is 0 Å². The van der Waals surface area contributed by atoms with E-state index in [1.54, 1.807) is 7.11 Å². The van der Waals surface area contributed by atoms with E-state index >= 15 is 0 Å². The number of hydrogen-bond acceptors (Lipinski definition) is 5. The lowest BCUT2D eigenvalue weighted by Crippen LogP contribution is -2.45. The highest BCUT2D eigenvalue weighted by Crippen LogP contribution is 2.26. The highest BCUT2D eigenvalue weighted by atomic mass is 35.5. The van der Waals surface area contributed by atoms with Gasteiger partial charge in [0.1, 0.15) is 5.41 Å². The summed E-state index contributed by atoms with van der Waals surface area (Å²) >= 11 is 6.05. The van der Waals surface area contributed by atoms with Gasteiger partial charge in [-0.25, -0.2) is 4.79 Å². The minimum atomic E-state index is -1.32. The van der Waals surface area contributed by atoms with Crippen molar-refractivity contribution in [1.29, 1.82) is 0 Å². The molecule has 1 rings (SSSR count). The highest BCUT2D eigenvalue weighted by molar-refractivity contribution is 6.34. The Kier molecular flexibility index (Phi) is 7.86. The molecule has 0 fully saturated rings. The largest absolute Gasteiger partial charge is 0.465 e. The smallest absolute Gasteiger partial charge is 0.337 e. The van der Waals surface area contributed by atoms with Gasteiger partial charge >= 0.3 is 5.97 Å². The van der Waals surface area contributed by atoms with E-state index in [0.717, 1.165) is 0 Å². The van der Waals surface area contributed by atoms with Gasteiger partial charge in [0.05, 0.1) is 23.4 Å². The van der Waals surface area contributed by atoms with Gasteiger partial charge in [0.15, 0.2) is 0 Å². The van der Waals surface area contributed by atoms with Crippen molar-refractivity contribution in [2.75, 3.05) is 32.7 Å². The Bertz CT molecular complexity index is 646. The molecule has 0 saturated carbocycles. The van der Waals surface area contributed by atoms with Gasteiger partial charge in [0.2, 0.25) is 11.8 Å². The first-order valence-electron chi connectivity index (χ1n) is 7.70. The number of hydrogen-bond donors (Lipinski definition) is 2. The Labute approximate surface area is 152 Å². The highest BCUT2D eigenvalue weighted by Gasteiger charge is 2.36. The third kappa shape index (κ3) is 5.72. The van der Waals surface area contributed by atoms with Crippen LogP contribution in [0.1, 0.15) is 30.6 Å². The summed E-state index contributed by atoms with van der Waals surface area (Å²) in [6, 6.07) is 4.36. The third-order valence-electron chi connectivity index (χ3n) is 3.58. The van der Waals surface area contributed by atoms with Crippen molar-refractivity contribution in [3.05, 3.63) is 28.8 Å². The number of benzene rings is 1. The SMILES string of the molecule is COCCCNC(=O)C(C)(C)C(=O)Nc1cc(C(=O)OC)ccc1Cl. The standard InChI is InChI=1S/C17H23ClN2O5/c1-17(2,15(22)19-8-5-9-24-3)16(23)20-13-10-11(14(21)25-4)6-7-12(13)18/h6-7,10H,5,8-9H2,1-4H3,(H,19,22)(H,20,23). The number of nitrogens with one attached hydrogen (secondary N) is 2. The fourth-order valence-corrected chi connectivity index (χ4v) is 2.05. The second kappa shape index (κ2) is 9.39. The predicted octanol–water partition coefficient (Wildman–Crippen LogP) is 2.24. The molecule has 138 valence electrons. The van der Waals surface area contributed by atoms with E-state index in [1.807, 2.05) is 0 Å². The topological polar surface area (TPSA) is 93.7 Å². The average molecular weight is 371 g/mol. The minimum Gasteiger partial charge on any atom is -0.465 e. The van der Waals surface area contributed by atoms with Gasteiger partial charge in [0.25, 0.3) is 0 Å². The lowest BCUT2D eigenvalue weighted by molar-refractivity contribution is -0.138. The molecule has 2 N–H and O–H groups in total. The van der Waals surface area contributed by atoms with E-state index in [2.05, 4.69) is 15.4 Å². The molecule has 1 aromatic carbocycles. The van der Waals surface area contributed by atoms with Crippen LogP contribution in [0.2, 0.25) is 5.02 Å². The van der Waals surface area contributed by atoms with Crippen molar-refractivity contribution in [2.24, 2.45) is 5.41 Å². The van der Waals surface area contributed by atoms with Gasteiger partial charge in [0, 0.05) is 20.3 Å². The summed E-state index contributed by atoms with van der Waals surface area (Å²) < 4.78 is 9.54. The van der Waals surface area contributed by atoms with E-state index in [9.17, 15) is 14.4 Å². The van der Waals surface area contributed by atoms with Crippen LogP contribution in [0.25, 0.3) is 0 Å². The number of carbonyl (C=O) groups is 3. The van der Waals surface area contributed by atoms with Gasteiger partial charge in [-0.2, -0.15) is 0 Å². The predicted molar refractivity (Wildman–Crippen MR) is 94.7 cm³/mol. The quantitative estimate of drug-likeness (QED) is 0.416. The molecular formula is C17H23ClN2O5. The van der Waals surface area contributed by atoms with Gasteiger partial charge in [-0.05, 0) is 38.5 Å². The monoisotopic (exact) mass is 370 g/mol. The molecule has 0 unspecified atom stereocenters. The lowest BCUT2D eigenvalue weighted by atomic mass is 9.91. The zero-order valence-corrected chi connectivity index (χ0v) is 15.5. The Balaban J connectivity index is 2.82. The first-order valence-corrected chi connectivity index (χ1v) is 8.08. The van der Waals surface area contributed by atoms with E-state index in [1.165, 1.54) is 39.2 Å². The number of rotatable bonds is 8. The molecule has 0 heterocycles. The normalized spacial score (nSPS) is 10.9. The second-order valence-corrected chi connectivity index (χ2v) is 6.27. The molecule has 0 radical (unpaired) electrons. The second-order valence-electron chi connectivity index (χ2n) is 5.87. The van der Waals surface area contributed by atoms with Crippen LogP contribution in [0.5, 0.6) is 0 Å². The molecule has 0 aliphatic rings. The van der Waals surface area contributed by atoms with Gasteiger partial charge in [-0.3, -0.25) is 9.59 Å². The summed E-state index contributed by atoms with van der Waals surface area (Å²) in [4.78, 5) is 36.3. The summed E-state index contributed by atoms with van der Waals surface area (Å²) in [7, 11) is 2.83. The number of anilines is 1. The van der Waals surface area contributed by atoms with Crippen LogP contribution in [0.15, 0.2) is 18.2 Å². The molecule has 2 amide bonds. The van der Waals surface area contributed by atoms with Crippen molar-refractivity contribution < 1.29 is 23.9 Å². The lowest BCUT2D eigenvalue weighted by Gasteiger charge is -2.23. The number of halogens is 1. The maximum absolute atomic E-state index is 12.5. The van der Waals surface area contributed by atoms with Crippen LogP contribution in [0, 0.1) is 5.41 Å². The Hall–Kier alpha value is -2.12. The van der Waals surface area contributed by atoms with Crippen molar-refractivity contribution in [2.45, 2.75) is 20.3 Å². The third-order valence-corrected chi connectivity index (χ3v) is 3.91.